The molecule has 0 aromatic carbocycles. The van der Waals surface area contributed by atoms with E-state index in [2.05, 4.69) is 0 Å². The molecule has 0 aromatic heterocycles. The summed E-state index contributed by atoms with van der Waals surface area (Å²) in [6.07, 6.45) is 3.39. The molecule has 0 spiro atoms. The Bertz CT molecular complexity index is 133. The summed E-state index contributed by atoms with van der Waals surface area (Å²) in [5.41, 5.74) is 0. The highest BCUT2D eigenvalue weighted by atomic mass is 16.5. The fraction of sp³-hybridized carbons (Fsp3) is 0.875. The van der Waals surface area contributed by atoms with Crippen LogP contribution in [-0.2, 0) is 9.53 Å². The maximum absolute atomic E-state index is 10.8. The fourth-order valence-electron chi connectivity index (χ4n) is 1.17. The standard InChI is InChI=1S/C8H14O3/c9-7-3-1-2-4-8(10)11-6-5-7/h7,9H,1-6H2. The fourth-order valence-corrected chi connectivity index (χ4v) is 1.17. The number of carbonyl (C=O) groups excluding carboxylic acids is 1. The summed E-state index contributed by atoms with van der Waals surface area (Å²) in [5, 5.41) is 9.23. The summed E-state index contributed by atoms with van der Waals surface area (Å²) < 4.78 is 4.83. The van der Waals surface area contributed by atoms with Crippen molar-refractivity contribution in [3.05, 3.63) is 0 Å². The molecule has 64 valence electrons. The second-order valence-electron chi connectivity index (χ2n) is 2.91. The molecule has 1 rings (SSSR count). The molecule has 1 fully saturated rings. The molecule has 3 heteroatoms. The first-order valence-corrected chi connectivity index (χ1v) is 4.13. The lowest BCUT2D eigenvalue weighted by Gasteiger charge is -2.06. The van der Waals surface area contributed by atoms with Crippen LogP contribution in [0.1, 0.15) is 32.1 Å². The van der Waals surface area contributed by atoms with Gasteiger partial charge in [-0.25, -0.2) is 0 Å². The van der Waals surface area contributed by atoms with E-state index in [-0.39, 0.29) is 12.1 Å². The Labute approximate surface area is 66.4 Å². The van der Waals surface area contributed by atoms with Crippen molar-refractivity contribution in [2.75, 3.05) is 6.61 Å². The molecule has 11 heavy (non-hydrogen) atoms. The Morgan fingerprint density at radius 2 is 2.18 bits per heavy atom. The third-order valence-electron chi connectivity index (χ3n) is 1.88. The van der Waals surface area contributed by atoms with Crippen LogP contribution < -0.4 is 0 Å². The monoisotopic (exact) mass is 158 g/mol. The van der Waals surface area contributed by atoms with Gasteiger partial charge in [0.2, 0.25) is 0 Å². The average Bonchev–Trinajstić information content (AvgIpc) is 2.04. The molecule has 0 aromatic rings. The van der Waals surface area contributed by atoms with E-state index in [0.29, 0.717) is 19.4 Å². The molecule has 0 bridgehead atoms. The summed E-state index contributed by atoms with van der Waals surface area (Å²) in [6.45, 7) is 0.375. The first-order valence-electron chi connectivity index (χ1n) is 4.13. The van der Waals surface area contributed by atoms with Crippen LogP contribution in [0.5, 0.6) is 0 Å². The Morgan fingerprint density at radius 1 is 1.36 bits per heavy atom. The van der Waals surface area contributed by atoms with Gasteiger partial charge in [0.15, 0.2) is 0 Å². The minimum Gasteiger partial charge on any atom is -0.466 e. The van der Waals surface area contributed by atoms with Crippen molar-refractivity contribution in [3.63, 3.8) is 0 Å². The van der Waals surface area contributed by atoms with Crippen LogP contribution in [0, 0.1) is 0 Å². The quantitative estimate of drug-likeness (QED) is 0.532. The Morgan fingerprint density at radius 3 is 3.00 bits per heavy atom. The van der Waals surface area contributed by atoms with Crippen LogP contribution in [0.25, 0.3) is 0 Å². The van der Waals surface area contributed by atoms with Crippen LogP contribution in [0.3, 0.4) is 0 Å². The van der Waals surface area contributed by atoms with Crippen LogP contribution >= 0.6 is 0 Å². The third-order valence-corrected chi connectivity index (χ3v) is 1.88. The zero-order valence-corrected chi connectivity index (χ0v) is 6.58. The Balaban J connectivity index is 2.29. The van der Waals surface area contributed by atoms with Gasteiger partial charge in [-0.05, 0) is 12.8 Å². The minimum atomic E-state index is -0.277. The number of hydrogen-bond donors (Lipinski definition) is 1. The van der Waals surface area contributed by atoms with Gasteiger partial charge in [0.05, 0.1) is 12.7 Å². The number of cyclic esters (lactones) is 1. The molecule has 3 nitrogen and oxygen atoms in total. The number of ether oxygens (including phenoxy) is 1. The molecule has 1 saturated heterocycles. The molecule has 1 aliphatic heterocycles. The largest absolute Gasteiger partial charge is 0.466 e. The highest BCUT2D eigenvalue weighted by Gasteiger charge is 2.10. The smallest absolute Gasteiger partial charge is 0.305 e. The van der Waals surface area contributed by atoms with Crippen molar-refractivity contribution in [1.29, 1.82) is 0 Å². The highest BCUT2D eigenvalue weighted by Crippen LogP contribution is 2.10. The van der Waals surface area contributed by atoms with Gasteiger partial charge in [-0.15, -0.1) is 0 Å². The molecular formula is C8H14O3. The first kappa shape index (κ1) is 8.53. The van der Waals surface area contributed by atoms with Crippen molar-refractivity contribution < 1.29 is 14.6 Å². The second kappa shape index (κ2) is 4.34. The molecule has 0 aliphatic carbocycles. The third kappa shape index (κ3) is 3.37. The van der Waals surface area contributed by atoms with Crippen LogP contribution in [0.4, 0.5) is 0 Å². The number of aliphatic hydroxyl groups is 1. The highest BCUT2D eigenvalue weighted by molar-refractivity contribution is 5.69. The van der Waals surface area contributed by atoms with Crippen LogP contribution in [0.15, 0.2) is 0 Å². The zero-order valence-electron chi connectivity index (χ0n) is 6.58. The predicted octanol–water partition coefficient (Wildman–Crippen LogP) is 0.855. The van der Waals surface area contributed by atoms with E-state index in [1.165, 1.54) is 0 Å². The number of aliphatic hydroxyl groups excluding tert-OH is 1. The van der Waals surface area contributed by atoms with Gasteiger partial charge in [0, 0.05) is 12.8 Å². The van der Waals surface area contributed by atoms with E-state index in [9.17, 15) is 9.90 Å². The number of carbonyl (C=O) groups is 1. The summed E-state index contributed by atoms with van der Waals surface area (Å²) in [4.78, 5) is 10.8. The maximum Gasteiger partial charge on any atom is 0.305 e. The average molecular weight is 158 g/mol. The van der Waals surface area contributed by atoms with Crippen LogP contribution in [0.2, 0.25) is 0 Å². The maximum atomic E-state index is 10.8. The van der Waals surface area contributed by atoms with Gasteiger partial charge in [-0.1, -0.05) is 6.42 Å². The van der Waals surface area contributed by atoms with Crippen molar-refractivity contribution in [2.24, 2.45) is 0 Å². The van der Waals surface area contributed by atoms with E-state index in [1.54, 1.807) is 0 Å². The van der Waals surface area contributed by atoms with Gasteiger partial charge < -0.3 is 9.84 Å². The summed E-state index contributed by atoms with van der Waals surface area (Å²) >= 11 is 0. The van der Waals surface area contributed by atoms with Crippen molar-refractivity contribution >= 4 is 5.97 Å². The normalized spacial score (nSPS) is 28.1. The van der Waals surface area contributed by atoms with Crippen molar-refractivity contribution in [2.45, 2.75) is 38.2 Å². The van der Waals surface area contributed by atoms with E-state index in [4.69, 9.17) is 4.74 Å². The Kier molecular flexibility index (Phi) is 3.36. The first-order chi connectivity index (χ1) is 5.29. The lowest BCUT2D eigenvalue weighted by atomic mass is 10.1. The zero-order chi connectivity index (χ0) is 8.10. The molecule has 1 atom stereocenters. The van der Waals surface area contributed by atoms with E-state index < -0.39 is 0 Å². The van der Waals surface area contributed by atoms with Gasteiger partial charge >= 0.3 is 5.97 Å². The van der Waals surface area contributed by atoms with Gasteiger partial charge in [-0.2, -0.15) is 0 Å². The van der Waals surface area contributed by atoms with Crippen molar-refractivity contribution in [1.82, 2.24) is 0 Å². The molecule has 0 saturated carbocycles. The molecular weight excluding hydrogens is 144 g/mol. The van der Waals surface area contributed by atoms with Crippen LogP contribution in [-0.4, -0.2) is 23.8 Å². The van der Waals surface area contributed by atoms with E-state index in [1.807, 2.05) is 0 Å². The lowest BCUT2D eigenvalue weighted by Crippen LogP contribution is -2.10. The SMILES string of the molecule is O=C1CCCCC(O)CCO1. The topological polar surface area (TPSA) is 46.5 Å². The molecule has 1 aliphatic rings. The van der Waals surface area contributed by atoms with Gasteiger partial charge in [0.1, 0.15) is 0 Å². The van der Waals surface area contributed by atoms with Crippen molar-refractivity contribution in [3.8, 4) is 0 Å². The minimum absolute atomic E-state index is 0.126. The number of esters is 1. The molecule has 0 radical (unpaired) electrons. The second-order valence-corrected chi connectivity index (χ2v) is 2.91. The summed E-state index contributed by atoms with van der Waals surface area (Å²) in [6, 6.07) is 0. The van der Waals surface area contributed by atoms with E-state index >= 15 is 0 Å². The molecule has 1 heterocycles. The molecule has 1 N–H and O–H groups in total. The lowest BCUT2D eigenvalue weighted by molar-refractivity contribution is -0.144. The predicted molar refractivity (Wildman–Crippen MR) is 40.1 cm³/mol. The Hall–Kier alpha value is -0.570. The van der Waals surface area contributed by atoms with E-state index in [0.717, 1.165) is 19.3 Å². The van der Waals surface area contributed by atoms with Gasteiger partial charge in [-0.3, -0.25) is 4.79 Å². The number of rotatable bonds is 0. The number of hydrogen-bond acceptors (Lipinski definition) is 3. The van der Waals surface area contributed by atoms with Gasteiger partial charge in [0.25, 0.3) is 0 Å². The molecule has 0 amide bonds. The summed E-state index contributed by atoms with van der Waals surface area (Å²) in [7, 11) is 0. The molecule has 1 unspecified atom stereocenters. The summed E-state index contributed by atoms with van der Waals surface area (Å²) in [5.74, 6) is -0.126.